The van der Waals surface area contributed by atoms with Crippen molar-refractivity contribution in [1.29, 1.82) is 0 Å². The average Bonchev–Trinajstić information content (AvgIpc) is 2.96. The Morgan fingerprint density at radius 2 is 1.92 bits per heavy atom. The highest BCUT2D eigenvalue weighted by Gasteiger charge is 2.33. The Labute approximate surface area is 144 Å². The topological polar surface area (TPSA) is 37.3 Å². The van der Waals surface area contributed by atoms with Gasteiger partial charge in [0.1, 0.15) is 0 Å². The third-order valence-corrected chi connectivity index (χ3v) is 4.86. The zero-order valence-electron chi connectivity index (χ0n) is 14.8. The number of hydrogen-bond acceptors (Lipinski definition) is 1. The summed E-state index contributed by atoms with van der Waals surface area (Å²) in [7, 11) is 0. The van der Waals surface area contributed by atoms with E-state index in [1.807, 2.05) is 23.1 Å². The van der Waals surface area contributed by atoms with Crippen molar-refractivity contribution < 1.29 is 4.79 Å². The molecule has 0 aliphatic carbocycles. The minimum atomic E-state index is 0.0507. The highest BCUT2D eigenvalue weighted by atomic mass is 16.2. The average molecular weight is 325 g/mol. The summed E-state index contributed by atoms with van der Waals surface area (Å²) in [6, 6.07) is 14.8. The van der Waals surface area contributed by atoms with Crippen LogP contribution in [-0.2, 0) is 13.0 Å². The highest BCUT2D eigenvalue weighted by Crippen LogP contribution is 2.33. The number of urea groups is 1. The molecule has 0 bridgehead atoms. The summed E-state index contributed by atoms with van der Waals surface area (Å²) in [6.07, 6.45) is 0.863. The molecule has 0 saturated carbocycles. The zero-order chi connectivity index (χ0) is 17.1. The van der Waals surface area contributed by atoms with E-state index in [9.17, 15) is 4.79 Å². The minimum absolute atomic E-state index is 0.0507. The molecule has 1 aromatic carbocycles. The lowest BCUT2D eigenvalue weighted by Crippen LogP contribution is -2.49. The summed E-state index contributed by atoms with van der Waals surface area (Å²) >= 11 is 0. The molecule has 128 valence electrons. The molecule has 4 heteroatoms. The van der Waals surface area contributed by atoms with Crippen LogP contribution in [-0.4, -0.2) is 28.6 Å². The van der Waals surface area contributed by atoms with Gasteiger partial charge in [0, 0.05) is 31.0 Å². The largest absolute Gasteiger partial charge is 0.345 e. The van der Waals surface area contributed by atoms with Gasteiger partial charge in [-0.2, -0.15) is 0 Å². The summed E-state index contributed by atoms with van der Waals surface area (Å²) in [6.45, 7) is 8.83. The van der Waals surface area contributed by atoms with Crippen molar-refractivity contribution in [3.05, 3.63) is 59.4 Å². The fourth-order valence-corrected chi connectivity index (χ4v) is 3.65. The molecule has 0 saturated heterocycles. The summed E-state index contributed by atoms with van der Waals surface area (Å²) in [5, 5.41) is 3.10. The SMILES string of the molecule is Cc1ccc2n1CCN(C(=O)NCCc1ccccc1)[C@H]2C(C)C. The lowest BCUT2D eigenvalue weighted by Gasteiger charge is -2.39. The van der Waals surface area contributed by atoms with E-state index in [-0.39, 0.29) is 12.1 Å². The molecule has 0 fully saturated rings. The number of hydrogen-bond donors (Lipinski definition) is 1. The number of rotatable bonds is 4. The maximum Gasteiger partial charge on any atom is 0.318 e. The molecule has 1 atom stereocenters. The van der Waals surface area contributed by atoms with Gasteiger partial charge in [0.2, 0.25) is 0 Å². The van der Waals surface area contributed by atoms with E-state index in [1.165, 1.54) is 17.0 Å². The number of benzene rings is 1. The number of nitrogens with zero attached hydrogens (tertiary/aromatic N) is 2. The van der Waals surface area contributed by atoms with Crippen molar-refractivity contribution in [2.24, 2.45) is 5.92 Å². The molecule has 1 N–H and O–H groups in total. The third kappa shape index (κ3) is 3.32. The Bertz CT molecular complexity index is 690. The first-order valence-corrected chi connectivity index (χ1v) is 8.82. The Morgan fingerprint density at radius 1 is 1.17 bits per heavy atom. The van der Waals surface area contributed by atoms with Crippen LogP contribution in [0.1, 0.15) is 36.8 Å². The van der Waals surface area contributed by atoms with Crippen molar-refractivity contribution >= 4 is 6.03 Å². The molecule has 0 unspecified atom stereocenters. The molecule has 0 spiro atoms. The Balaban J connectivity index is 1.65. The van der Waals surface area contributed by atoms with Crippen molar-refractivity contribution in [2.75, 3.05) is 13.1 Å². The van der Waals surface area contributed by atoms with Crippen LogP contribution in [0.15, 0.2) is 42.5 Å². The fraction of sp³-hybridized carbons (Fsp3) is 0.450. The van der Waals surface area contributed by atoms with Gasteiger partial charge in [-0.15, -0.1) is 0 Å². The second-order valence-electron chi connectivity index (χ2n) is 6.90. The minimum Gasteiger partial charge on any atom is -0.345 e. The number of aryl methyl sites for hydroxylation is 1. The molecular weight excluding hydrogens is 298 g/mol. The van der Waals surface area contributed by atoms with E-state index in [1.54, 1.807) is 0 Å². The monoisotopic (exact) mass is 325 g/mol. The maximum absolute atomic E-state index is 12.7. The third-order valence-electron chi connectivity index (χ3n) is 4.86. The molecule has 2 aromatic rings. The summed E-state index contributed by atoms with van der Waals surface area (Å²) in [4.78, 5) is 14.7. The van der Waals surface area contributed by atoms with E-state index in [2.05, 4.69) is 54.9 Å². The van der Waals surface area contributed by atoms with E-state index in [0.717, 1.165) is 19.5 Å². The molecular formula is C20H27N3O. The number of carbonyl (C=O) groups is 1. The highest BCUT2D eigenvalue weighted by molar-refractivity contribution is 5.75. The summed E-state index contributed by atoms with van der Waals surface area (Å²) < 4.78 is 2.35. The quantitative estimate of drug-likeness (QED) is 0.913. The van der Waals surface area contributed by atoms with Gasteiger partial charge in [0.15, 0.2) is 0 Å². The molecule has 0 radical (unpaired) electrons. The van der Waals surface area contributed by atoms with Gasteiger partial charge in [-0.25, -0.2) is 4.79 Å². The fourth-order valence-electron chi connectivity index (χ4n) is 3.65. The van der Waals surface area contributed by atoms with Gasteiger partial charge >= 0.3 is 6.03 Å². The van der Waals surface area contributed by atoms with Crippen LogP contribution in [0.2, 0.25) is 0 Å². The van der Waals surface area contributed by atoms with Crippen LogP contribution >= 0.6 is 0 Å². The van der Waals surface area contributed by atoms with Gasteiger partial charge in [-0.05, 0) is 37.0 Å². The predicted octanol–water partition coefficient (Wildman–Crippen LogP) is 3.76. The first-order valence-electron chi connectivity index (χ1n) is 8.82. The molecule has 24 heavy (non-hydrogen) atoms. The first kappa shape index (κ1) is 16.6. The molecule has 1 aliphatic rings. The van der Waals surface area contributed by atoms with Crippen LogP contribution in [0.3, 0.4) is 0 Å². The van der Waals surface area contributed by atoms with Gasteiger partial charge in [0.25, 0.3) is 0 Å². The number of fused-ring (bicyclic) bond motifs is 1. The Morgan fingerprint density at radius 3 is 2.62 bits per heavy atom. The molecule has 2 amide bonds. The van der Waals surface area contributed by atoms with Crippen molar-refractivity contribution in [3.63, 3.8) is 0 Å². The van der Waals surface area contributed by atoms with E-state index in [4.69, 9.17) is 0 Å². The van der Waals surface area contributed by atoms with Crippen molar-refractivity contribution in [2.45, 2.75) is 39.8 Å². The van der Waals surface area contributed by atoms with Crippen LogP contribution in [0.5, 0.6) is 0 Å². The molecule has 3 rings (SSSR count). The number of amides is 2. The second kappa shape index (κ2) is 7.12. The molecule has 1 aliphatic heterocycles. The van der Waals surface area contributed by atoms with E-state index >= 15 is 0 Å². The molecule has 4 nitrogen and oxygen atoms in total. The normalized spacial score (nSPS) is 17.0. The van der Waals surface area contributed by atoms with Gasteiger partial charge in [-0.3, -0.25) is 0 Å². The Hall–Kier alpha value is -2.23. The lowest BCUT2D eigenvalue weighted by atomic mass is 9.97. The van der Waals surface area contributed by atoms with Crippen LogP contribution in [0.4, 0.5) is 4.79 Å². The number of aromatic nitrogens is 1. The first-order chi connectivity index (χ1) is 11.6. The van der Waals surface area contributed by atoms with Gasteiger partial charge in [-0.1, -0.05) is 44.2 Å². The van der Waals surface area contributed by atoms with Gasteiger partial charge < -0.3 is 14.8 Å². The Kier molecular flexibility index (Phi) is 4.93. The second-order valence-corrected chi connectivity index (χ2v) is 6.90. The van der Waals surface area contributed by atoms with E-state index < -0.39 is 0 Å². The summed E-state index contributed by atoms with van der Waals surface area (Å²) in [5.74, 6) is 0.387. The molecule has 2 heterocycles. The maximum atomic E-state index is 12.7. The van der Waals surface area contributed by atoms with Gasteiger partial charge in [0.05, 0.1) is 6.04 Å². The van der Waals surface area contributed by atoms with Crippen molar-refractivity contribution in [1.82, 2.24) is 14.8 Å². The van der Waals surface area contributed by atoms with Crippen LogP contribution in [0.25, 0.3) is 0 Å². The van der Waals surface area contributed by atoms with E-state index in [0.29, 0.717) is 12.5 Å². The number of nitrogens with one attached hydrogen (secondary N) is 1. The smallest absolute Gasteiger partial charge is 0.318 e. The number of carbonyl (C=O) groups excluding carboxylic acids is 1. The zero-order valence-corrected chi connectivity index (χ0v) is 14.8. The summed E-state index contributed by atoms with van der Waals surface area (Å²) in [5.41, 5.74) is 3.79. The van der Waals surface area contributed by atoms with Crippen LogP contribution < -0.4 is 5.32 Å². The predicted molar refractivity (Wildman–Crippen MR) is 97.0 cm³/mol. The lowest BCUT2D eigenvalue weighted by molar-refractivity contribution is 0.132. The molecule has 1 aromatic heterocycles. The van der Waals surface area contributed by atoms with Crippen molar-refractivity contribution in [3.8, 4) is 0 Å². The van der Waals surface area contributed by atoms with Crippen LogP contribution in [0, 0.1) is 12.8 Å². The standard InChI is InChI=1S/C20H27N3O/c1-15(2)19-18-10-9-16(3)22(18)13-14-23(19)20(24)21-12-11-17-7-5-4-6-8-17/h4-10,15,19H,11-14H2,1-3H3,(H,21,24)/t19-/m0/s1.